The van der Waals surface area contributed by atoms with Gasteiger partial charge in [0.05, 0.1) is 12.6 Å². The number of phenols is 1. The lowest BCUT2D eigenvalue weighted by atomic mass is 9.77. The molecule has 0 spiro atoms. The molecule has 2 aromatic rings. The van der Waals surface area contributed by atoms with Crippen LogP contribution in [0.25, 0.3) is 0 Å². The Kier molecular flexibility index (Phi) is 6.51. The lowest BCUT2D eigenvalue weighted by Crippen LogP contribution is -2.30. The first-order chi connectivity index (χ1) is 13.3. The molecule has 158 valence electrons. The largest absolute Gasteiger partial charge is 0.507 e. The first-order valence-electron chi connectivity index (χ1n) is 10.0. The Hall–Kier alpha value is -2.69. The molecule has 0 radical (unpaired) electrons. The molecule has 4 N–H and O–H groups in total. The highest BCUT2D eigenvalue weighted by Crippen LogP contribution is 2.41. The number of amides is 1. The summed E-state index contributed by atoms with van der Waals surface area (Å²) in [5, 5.41) is 14.0. The zero-order valence-electron chi connectivity index (χ0n) is 18.6. The molecule has 0 aromatic heterocycles. The fourth-order valence-electron chi connectivity index (χ4n) is 3.31. The molecule has 0 aliphatic heterocycles. The summed E-state index contributed by atoms with van der Waals surface area (Å²) in [6.45, 7) is 14.4. The highest BCUT2D eigenvalue weighted by atomic mass is 16.5. The average molecular weight is 399 g/mol. The maximum Gasteiger partial charge on any atom is 0.407 e. The van der Waals surface area contributed by atoms with Crippen LogP contribution in [0.1, 0.15) is 76.8 Å². The van der Waals surface area contributed by atoms with Gasteiger partial charge in [0.1, 0.15) is 5.75 Å². The summed E-state index contributed by atoms with van der Waals surface area (Å²) in [6.07, 6.45) is -0.489. The standard InChI is InChI=1S/C24H34N2O3/c1-8-29-22(28)26-20(15-9-11-17(25)12-10-15)16-13-18(23(2,3)4)21(27)19(14-16)24(5,6)7/h9-14,20,27H,8,25H2,1-7H3,(H,26,28). The molecule has 5 nitrogen and oxygen atoms in total. The van der Waals surface area contributed by atoms with E-state index in [0.717, 1.165) is 22.3 Å². The maximum absolute atomic E-state index is 12.3. The second kappa shape index (κ2) is 8.36. The lowest BCUT2D eigenvalue weighted by Gasteiger charge is -2.30. The van der Waals surface area contributed by atoms with Crippen molar-refractivity contribution in [3.05, 3.63) is 58.7 Å². The van der Waals surface area contributed by atoms with E-state index in [4.69, 9.17) is 10.5 Å². The maximum atomic E-state index is 12.3. The molecule has 0 aliphatic rings. The number of carbonyl (C=O) groups is 1. The molecule has 1 atom stereocenters. The molecule has 2 aromatic carbocycles. The van der Waals surface area contributed by atoms with Gasteiger partial charge in [0.15, 0.2) is 0 Å². The van der Waals surface area contributed by atoms with Gasteiger partial charge in [-0.25, -0.2) is 4.79 Å². The number of ether oxygens (including phenoxy) is 1. The molecular weight excluding hydrogens is 364 g/mol. The highest BCUT2D eigenvalue weighted by molar-refractivity contribution is 5.69. The van der Waals surface area contributed by atoms with Gasteiger partial charge in [-0.2, -0.15) is 0 Å². The zero-order chi connectivity index (χ0) is 22.0. The first kappa shape index (κ1) is 22.6. The predicted octanol–water partition coefficient (Wildman–Crippen LogP) is 5.40. The monoisotopic (exact) mass is 398 g/mol. The normalized spacial score (nSPS) is 13.1. The van der Waals surface area contributed by atoms with E-state index in [1.165, 1.54) is 0 Å². The van der Waals surface area contributed by atoms with Crippen LogP contribution in [0, 0.1) is 0 Å². The van der Waals surface area contributed by atoms with Crippen LogP contribution < -0.4 is 11.1 Å². The van der Waals surface area contributed by atoms with Gasteiger partial charge < -0.3 is 20.9 Å². The van der Waals surface area contributed by atoms with Crippen LogP contribution in [0.15, 0.2) is 36.4 Å². The van der Waals surface area contributed by atoms with Crippen LogP contribution in [0.4, 0.5) is 10.5 Å². The van der Waals surface area contributed by atoms with Crippen molar-refractivity contribution in [1.82, 2.24) is 5.32 Å². The molecule has 0 aliphatic carbocycles. The second-order valence-corrected chi connectivity index (χ2v) is 9.43. The van der Waals surface area contributed by atoms with Gasteiger partial charge in [-0.1, -0.05) is 53.7 Å². The summed E-state index contributed by atoms with van der Waals surface area (Å²) in [5.41, 5.74) is 9.42. The number of nitrogen functional groups attached to an aromatic ring is 1. The van der Waals surface area contributed by atoms with E-state index < -0.39 is 12.1 Å². The van der Waals surface area contributed by atoms with Crippen molar-refractivity contribution in [2.45, 2.75) is 65.3 Å². The molecule has 0 heterocycles. The Morgan fingerprint density at radius 1 is 1.00 bits per heavy atom. The number of rotatable bonds is 4. The summed E-state index contributed by atoms with van der Waals surface area (Å²) in [6, 6.07) is 10.9. The minimum Gasteiger partial charge on any atom is -0.507 e. The fraction of sp³-hybridized carbons (Fsp3) is 0.458. The van der Waals surface area contributed by atoms with E-state index >= 15 is 0 Å². The number of nitrogens with two attached hydrogens (primary N) is 1. The number of carbonyl (C=O) groups excluding carboxylic acids is 1. The van der Waals surface area contributed by atoms with Crippen molar-refractivity contribution in [3.8, 4) is 5.75 Å². The van der Waals surface area contributed by atoms with Crippen LogP contribution in [0.3, 0.4) is 0 Å². The smallest absolute Gasteiger partial charge is 0.407 e. The summed E-state index contributed by atoms with van der Waals surface area (Å²) >= 11 is 0. The Bertz CT molecular complexity index is 824. The van der Waals surface area contributed by atoms with E-state index in [1.807, 2.05) is 36.4 Å². The van der Waals surface area contributed by atoms with E-state index in [1.54, 1.807) is 6.92 Å². The number of alkyl carbamates (subject to hydrolysis) is 1. The SMILES string of the molecule is CCOC(=O)NC(c1ccc(N)cc1)c1cc(C(C)(C)C)c(O)c(C(C)(C)C)c1. The van der Waals surface area contributed by atoms with E-state index in [0.29, 0.717) is 11.4 Å². The third-order valence-corrected chi connectivity index (χ3v) is 4.89. The average Bonchev–Trinajstić information content (AvgIpc) is 2.59. The quantitative estimate of drug-likeness (QED) is 0.602. The van der Waals surface area contributed by atoms with Crippen molar-refractivity contribution in [1.29, 1.82) is 0 Å². The van der Waals surface area contributed by atoms with Gasteiger partial charge in [0.2, 0.25) is 0 Å². The van der Waals surface area contributed by atoms with Crippen LogP contribution in [0.5, 0.6) is 5.75 Å². The van der Waals surface area contributed by atoms with Gasteiger partial charge in [0, 0.05) is 5.69 Å². The van der Waals surface area contributed by atoms with E-state index in [2.05, 4.69) is 46.9 Å². The molecule has 0 saturated carbocycles. The molecule has 29 heavy (non-hydrogen) atoms. The number of aromatic hydroxyl groups is 1. The van der Waals surface area contributed by atoms with Crippen molar-refractivity contribution in [2.75, 3.05) is 12.3 Å². The van der Waals surface area contributed by atoms with E-state index in [-0.39, 0.29) is 17.4 Å². The first-order valence-corrected chi connectivity index (χ1v) is 10.0. The Morgan fingerprint density at radius 2 is 1.48 bits per heavy atom. The molecular formula is C24H34N2O3. The van der Waals surface area contributed by atoms with Crippen molar-refractivity contribution in [3.63, 3.8) is 0 Å². The minimum absolute atomic E-state index is 0.268. The van der Waals surface area contributed by atoms with E-state index in [9.17, 15) is 9.90 Å². The third kappa shape index (κ3) is 5.43. The molecule has 0 fully saturated rings. The Morgan fingerprint density at radius 3 is 1.90 bits per heavy atom. The molecule has 1 amide bonds. The summed E-state index contributed by atoms with van der Waals surface area (Å²) in [4.78, 5) is 12.3. The van der Waals surface area contributed by atoms with Gasteiger partial charge in [-0.05, 0) is 64.3 Å². The number of hydrogen-bond acceptors (Lipinski definition) is 4. The van der Waals surface area contributed by atoms with Gasteiger partial charge in [-0.3, -0.25) is 0 Å². The molecule has 0 saturated heterocycles. The second-order valence-electron chi connectivity index (χ2n) is 9.43. The molecule has 2 rings (SSSR count). The van der Waals surface area contributed by atoms with Crippen LogP contribution in [-0.4, -0.2) is 17.8 Å². The van der Waals surface area contributed by atoms with Crippen molar-refractivity contribution in [2.24, 2.45) is 0 Å². The van der Waals surface area contributed by atoms with Gasteiger partial charge in [0.25, 0.3) is 0 Å². The van der Waals surface area contributed by atoms with Crippen LogP contribution in [0.2, 0.25) is 0 Å². The molecule has 0 bridgehead atoms. The third-order valence-electron chi connectivity index (χ3n) is 4.89. The number of phenolic OH excluding ortho intramolecular Hbond substituents is 1. The minimum atomic E-state index is -0.489. The number of benzene rings is 2. The molecule has 1 unspecified atom stereocenters. The lowest BCUT2D eigenvalue weighted by molar-refractivity contribution is 0.149. The van der Waals surface area contributed by atoms with Gasteiger partial charge >= 0.3 is 6.09 Å². The van der Waals surface area contributed by atoms with Crippen LogP contribution >= 0.6 is 0 Å². The Labute approximate surface area is 174 Å². The Balaban J connectivity index is 2.71. The van der Waals surface area contributed by atoms with Gasteiger partial charge in [-0.15, -0.1) is 0 Å². The summed E-state index contributed by atoms with van der Waals surface area (Å²) in [7, 11) is 0. The predicted molar refractivity (Wildman–Crippen MR) is 118 cm³/mol. The van der Waals surface area contributed by atoms with Crippen LogP contribution in [-0.2, 0) is 15.6 Å². The summed E-state index contributed by atoms with van der Waals surface area (Å²) in [5.74, 6) is 0.306. The number of nitrogens with one attached hydrogen (secondary N) is 1. The van der Waals surface area contributed by atoms with Crippen molar-refractivity contribution < 1.29 is 14.6 Å². The number of hydrogen-bond donors (Lipinski definition) is 3. The summed E-state index contributed by atoms with van der Waals surface area (Å²) < 4.78 is 5.13. The topological polar surface area (TPSA) is 84.6 Å². The zero-order valence-corrected chi connectivity index (χ0v) is 18.6. The number of anilines is 1. The molecule has 5 heteroatoms. The fourth-order valence-corrected chi connectivity index (χ4v) is 3.31. The highest BCUT2D eigenvalue weighted by Gasteiger charge is 2.29. The van der Waals surface area contributed by atoms with Crippen molar-refractivity contribution >= 4 is 11.8 Å².